The van der Waals surface area contributed by atoms with Crippen molar-refractivity contribution in [2.75, 3.05) is 10.7 Å². The Bertz CT molecular complexity index is 453. The van der Waals surface area contributed by atoms with Gasteiger partial charge < -0.3 is 15.5 Å². The van der Waals surface area contributed by atoms with Gasteiger partial charge in [0.25, 0.3) is 0 Å². The van der Waals surface area contributed by atoms with Gasteiger partial charge in [0.1, 0.15) is 17.5 Å². The molecular formula is C13H21N5O. The van der Waals surface area contributed by atoms with E-state index in [1.807, 2.05) is 6.07 Å². The maximum Gasteiger partial charge on any atom is 0.145 e. The van der Waals surface area contributed by atoms with Crippen LogP contribution in [-0.4, -0.2) is 28.2 Å². The standard InChI is InChI=1S/C13H21N5O/c1-2-3-11-16-12(7-13(17-11)18-14)15-9-6-8-4-5-10(9)19-8/h7-10H,2-6,14H2,1H3,(H2,15,16,17,18). The summed E-state index contributed by atoms with van der Waals surface area (Å²) >= 11 is 0. The van der Waals surface area contributed by atoms with Crippen molar-refractivity contribution < 1.29 is 4.74 Å². The van der Waals surface area contributed by atoms with Crippen molar-refractivity contribution in [1.82, 2.24) is 9.97 Å². The number of ether oxygens (including phenoxy) is 1. The zero-order valence-electron chi connectivity index (χ0n) is 11.2. The summed E-state index contributed by atoms with van der Waals surface area (Å²) in [5, 5.41) is 3.47. The SMILES string of the molecule is CCCc1nc(NN)cc(NC2CC3CCC2O3)n1. The first-order valence-electron chi connectivity index (χ1n) is 7.05. The van der Waals surface area contributed by atoms with Crippen LogP contribution in [0.25, 0.3) is 0 Å². The molecule has 2 aliphatic heterocycles. The summed E-state index contributed by atoms with van der Waals surface area (Å²) in [6.45, 7) is 2.11. The van der Waals surface area contributed by atoms with Gasteiger partial charge in [0, 0.05) is 12.5 Å². The number of nitrogens with zero attached hydrogens (tertiary/aromatic N) is 2. The van der Waals surface area contributed by atoms with Gasteiger partial charge >= 0.3 is 0 Å². The lowest BCUT2D eigenvalue weighted by atomic mass is 9.95. The van der Waals surface area contributed by atoms with Crippen LogP contribution < -0.4 is 16.6 Å². The number of hydrogen-bond donors (Lipinski definition) is 3. The molecule has 0 amide bonds. The van der Waals surface area contributed by atoms with E-state index in [-0.39, 0.29) is 0 Å². The van der Waals surface area contributed by atoms with E-state index in [2.05, 4.69) is 27.6 Å². The molecule has 0 saturated carbocycles. The molecule has 1 aromatic rings. The van der Waals surface area contributed by atoms with Crippen molar-refractivity contribution in [1.29, 1.82) is 0 Å². The molecule has 0 spiro atoms. The molecule has 2 fully saturated rings. The lowest BCUT2D eigenvalue weighted by Gasteiger charge is -2.21. The Balaban J connectivity index is 1.74. The molecule has 2 saturated heterocycles. The van der Waals surface area contributed by atoms with Crippen molar-refractivity contribution in [3.8, 4) is 0 Å². The van der Waals surface area contributed by atoms with Crippen LogP contribution in [0.4, 0.5) is 11.6 Å². The normalized spacial score (nSPS) is 28.6. The van der Waals surface area contributed by atoms with E-state index in [0.29, 0.717) is 24.1 Å². The highest BCUT2D eigenvalue weighted by atomic mass is 16.5. The molecule has 4 N–H and O–H groups in total. The molecule has 104 valence electrons. The molecule has 0 aliphatic carbocycles. The summed E-state index contributed by atoms with van der Waals surface area (Å²) in [5.41, 5.74) is 2.60. The highest BCUT2D eigenvalue weighted by Gasteiger charge is 2.40. The number of nitrogen functional groups attached to an aromatic ring is 1. The number of aryl methyl sites for hydroxylation is 1. The van der Waals surface area contributed by atoms with Crippen LogP contribution in [0.2, 0.25) is 0 Å². The molecule has 19 heavy (non-hydrogen) atoms. The van der Waals surface area contributed by atoms with Crippen LogP contribution >= 0.6 is 0 Å². The Labute approximate surface area is 113 Å². The highest BCUT2D eigenvalue weighted by molar-refractivity contribution is 5.47. The fourth-order valence-corrected chi connectivity index (χ4v) is 2.96. The third kappa shape index (κ3) is 2.64. The zero-order valence-corrected chi connectivity index (χ0v) is 11.2. The van der Waals surface area contributed by atoms with Gasteiger partial charge in [0.05, 0.1) is 18.2 Å². The molecule has 1 aromatic heterocycles. The molecule has 3 atom stereocenters. The third-order valence-electron chi connectivity index (χ3n) is 3.83. The topological polar surface area (TPSA) is 85.1 Å². The van der Waals surface area contributed by atoms with E-state index >= 15 is 0 Å². The average molecular weight is 263 g/mol. The van der Waals surface area contributed by atoms with Crippen LogP contribution in [0.15, 0.2) is 6.07 Å². The molecule has 3 rings (SSSR count). The third-order valence-corrected chi connectivity index (χ3v) is 3.83. The van der Waals surface area contributed by atoms with E-state index < -0.39 is 0 Å². The molecule has 2 bridgehead atoms. The second-order valence-electron chi connectivity index (χ2n) is 5.31. The zero-order chi connectivity index (χ0) is 13.2. The van der Waals surface area contributed by atoms with Gasteiger partial charge in [-0.15, -0.1) is 0 Å². The van der Waals surface area contributed by atoms with Crippen molar-refractivity contribution in [2.24, 2.45) is 5.84 Å². The molecule has 0 radical (unpaired) electrons. The van der Waals surface area contributed by atoms with Crippen LogP contribution in [0, 0.1) is 0 Å². The van der Waals surface area contributed by atoms with Gasteiger partial charge in [-0.2, -0.15) is 0 Å². The van der Waals surface area contributed by atoms with E-state index in [0.717, 1.165) is 37.3 Å². The molecule has 0 aromatic carbocycles. The second kappa shape index (κ2) is 5.30. The molecule has 3 heterocycles. The first kappa shape index (κ1) is 12.6. The lowest BCUT2D eigenvalue weighted by Crippen LogP contribution is -2.31. The average Bonchev–Trinajstić information content (AvgIpc) is 3.01. The Kier molecular flexibility index (Phi) is 3.52. The molecule has 3 unspecified atom stereocenters. The molecule has 6 heteroatoms. The van der Waals surface area contributed by atoms with E-state index in [1.54, 1.807) is 0 Å². The number of fused-ring (bicyclic) bond motifs is 2. The smallest absolute Gasteiger partial charge is 0.145 e. The Morgan fingerprint density at radius 1 is 1.37 bits per heavy atom. The fraction of sp³-hybridized carbons (Fsp3) is 0.692. The van der Waals surface area contributed by atoms with Crippen molar-refractivity contribution >= 4 is 11.6 Å². The largest absolute Gasteiger partial charge is 0.373 e. The number of nitrogens with one attached hydrogen (secondary N) is 2. The maximum absolute atomic E-state index is 5.85. The van der Waals surface area contributed by atoms with Crippen molar-refractivity contribution in [3.05, 3.63) is 11.9 Å². The summed E-state index contributed by atoms with van der Waals surface area (Å²) in [6.07, 6.45) is 6.07. The van der Waals surface area contributed by atoms with Crippen LogP contribution in [0.1, 0.15) is 38.4 Å². The first-order valence-corrected chi connectivity index (χ1v) is 7.05. The molecule has 2 aliphatic rings. The predicted molar refractivity (Wildman–Crippen MR) is 73.8 cm³/mol. The Morgan fingerprint density at radius 2 is 2.21 bits per heavy atom. The van der Waals surface area contributed by atoms with Crippen LogP contribution in [0.3, 0.4) is 0 Å². The number of anilines is 2. The monoisotopic (exact) mass is 263 g/mol. The van der Waals surface area contributed by atoms with Gasteiger partial charge in [-0.25, -0.2) is 15.8 Å². The minimum Gasteiger partial charge on any atom is -0.373 e. The van der Waals surface area contributed by atoms with E-state index in [1.165, 1.54) is 6.42 Å². The number of hydrazine groups is 1. The van der Waals surface area contributed by atoms with Crippen molar-refractivity contribution in [2.45, 2.75) is 57.3 Å². The maximum atomic E-state index is 5.85. The second-order valence-corrected chi connectivity index (χ2v) is 5.31. The Hall–Kier alpha value is -1.40. The summed E-state index contributed by atoms with van der Waals surface area (Å²) in [7, 11) is 0. The fourth-order valence-electron chi connectivity index (χ4n) is 2.96. The van der Waals surface area contributed by atoms with E-state index in [9.17, 15) is 0 Å². The number of rotatable bonds is 5. The van der Waals surface area contributed by atoms with Crippen LogP contribution in [-0.2, 0) is 11.2 Å². The van der Waals surface area contributed by atoms with Gasteiger partial charge in [-0.1, -0.05) is 6.92 Å². The summed E-state index contributed by atoms with van der Waals surface area (Å²) in [6, 6.07) is 2.22. The predicted octanol–water partition coefficient (Wildman–Crippen LogP) is 1.45. The minimum atomic E-state index is 0.337. The summed E-state index contributed by atoms with van der Waals surface area (Å²) in [5.74, 6) is 7.78. The first-order chi connectivity index (χ1) is 9.28. The summed E-state index contributed by atoms with van der Waals surface area (Å²) in [4.78, 5) is 8.89. The van der Waals surface area contributed by atoms with E-state index in [4.69, 9.17) is 10.6 Å². The quantitative estimate of drug-likeness (QED) is 0.550. The number of hydrogen-bond acceptors (Lipinski definition) is 6. The molecule has 6 nitrogen and oxygen atoms in total. The van der Waals surface area contributed by atoms with Gasteiger partial charge in [0.15, 0.2) is 0 Å². The van der Waals surface area contributed by atoms with Gasteiger partial charge in [-0.3, -0.25) is 0 Å². The highest BCUT2D eigenvalue weighted by Crippen LogP contribution is 2.35. The summed E-state index contributed by atoms with van der Waals surface area (Å²) < 4.78 is 5.85. The van der Waals surface area contributed by atoms with Gasteiger partial charge in [0.2, 0.25) is 0 Å². The molecular weight excluding hydrogens is 242 g/mol. The number of aromatic nitrogens is 2. The Morgan fingerprint density at radius 3 is 2.84 bits per heavy atom. The lowest BCUT2D eigenvalue weighted by molar-refractivity contribution is 0.102. The number of nitrogens with two attached hydrogens (primary N) is 1. The minimum absolute atomic E-state index is 0.337. The van der Waals surface area contributed by atoms with Gasteiger partial charge in [-0.05, 0) is 25.7 Å². The van der Waals surface area contributed by atoms with Crippen LogP contribution in [0.5, 0.6) is 0 Å². The van der Waals surface area contributed by atoms with Crippen molar-refractivity contribution in [3.63, 3.8) is 0 Å².